The highest BCUT2D eigenvalue weighted by atomic mass is 16.6. The van der Waals surface area contributed by atoms with Crippen LogP contribution in [0.5, 0.6) is 0 Å². The lowest BCUT2D eigenvalue weighted by atomic mass is 10.1. The van der Waals surface area contributed by atoms with Gasteiger partial charge in [0.05, 0.1) is 10.3 Å². The molecule has 1 atom stereocenters. The smallest absolute Gasteiger partial charge is 0.360 e. The number of rotatable bonds is 5. The fraction of sp³-hybridized carbons (Fsp3) is 0.111. The highest BCUT2D eigenvalue weighted by Crippen LogP contribution is 2.23. The van der Waals surface area contributed by atoms with E-state index in [2.05, 4.69) is 15.5 Å². The number of hydrogen-bond acceptors (Lipinski definition) is 7. The molecule has 1 heterocycles. The third kappa shape index (κ3) is 3.70. The Hall–Kier alpha value is -4.08. The molecule has 0 radical (unpaired) electrons. The van der Waals surface area contributed by atoms with Crippen LogP contribution in [0.3, 0.4) is 0 Å². The minimum atomic E-state index is -1.26. The van der Waals surface area contributed by atoms with Gasteiger partial charge in [0.1, 0.15) is 5.69 Å². The molecule has 3 aromatic rings. The topological polar surface area (TPSA) is 144 Å². The van der Waals surface area contributed by atoms with E-state index in [1.54, 1.807) is 12.1 Å². The van der Waals surface area contributed by atoms with Crippen LogP contribution in [0.2, 0.25) is 0 Å². The van der Waals surface area contributed by atoms with Gasteiger partial charge in [0, 0.05) is 11.5 Å². The molecule has 0 aliphatic heterocycles. The predicted molar refractivity (Wildman–Crippen MR) is 99.0 cm³/mol. The van der Waals surface area contributed by atoms with E-state index in [1.165, 1.54) is 43.3 Å². The Labute approximate surface area is 157 Å². The number of aromatic nitrogens is 2. The third-order valence-corrected chi connectivity index (χ3v) is 3.90. The van der Waals surface area contributed by atoms with Crippen molar-refractivity contribution < 1.29 is 19.2 Å². The molecule has 2 aromatic carbocycles. The molecule has 0 saturated carbocycles. The van der Waals surface area contributed by atoms with Crippen molar-refractivity contribution in [3.8, 4) is 0 Å². The summed E-state index contributed by atoms with van der Waals surface area (Å²) in [5.74, 6) is -1.67. The molecule has 28 heavy (non-hydrogen) atoms. The Balaban J connectivity index is 1.78. The lowest BCUT2D eigenvalue weighted by Gasteiger charge is -2.13. The quantitative estimate of drug-likeness (QED) is 0.390. The molecule has 10 heteroatoms. The van der Waals surface area contributed by atoms with Gasteiger partial charge in [-0.2, -0.15) is 5.10 Å². The molecular weight excluding hydrogens is 368 g/mol. The summed E-state index contributed by atoms with van der Waals surface area (Å²) >= 11 is 0. The number of benzene rings is 2. The number of anilines is 1. The summed E-state index contributed by atoms with van der Waals surface area (Å²) in [6, 6.07) is 11.9. The third-order valence-electron chi connectivity index (χ3n) is 3.90. The van der Waals surface area contributed by atoms with Crippen LogP contribution in [-0.4, -0.2) is 33.1 Å². The molecule has 1 unspecified atom stereocenters. The first-order chi connectivity index (χ1) is 13.4. The number of para-hydroxylation sites is 2. The first-order valence-electron chi connectivity index (χ1n) is 8.11. The molecule has 0 spiro atoms. The number of fused-ring (bicyclic) bond motifs is 1. The van der Waals surface area contributed by atoms with Crippen LogP contribution >= 0.6 is 0 Å². The number of aromatic amines is 1. The Morgan fingerprint density at radius 2 is 1.79 bits per heavy atom. The SMILES string of the molecule is CC(OC(=O)c1n[nH]c(=O)c2ccccc12)C(=O)Nc1ccccc1[N+](=O)[O-]. The fourth-order valence-electron chi connectivity index (χ4n) is 2.51. The highest BCUT2D eigenvalue weighted by Gasteiger charge is 2.24. The number of H-pyrrole nitrogens is 1. The monoisotopic (exact) mass is 382 g/mol. The van der Waals surface area contributed by atoms with Gasteiger partial charge in [0.2, 0.25) is 0 Å². The Kier molecular flexibility index (Phi) is 5.12. The summed E-state index contributed by atoms with van der Waals surface area (Å²) in [6.07, 6.45) is -1.26. The minimum absolute atomic E-state index is 0.0204. The molecule has 1 aromatic heterocycles. The van der Waals surface area contributed by atoms with E-state index in [4.69, 9.17) is 4.74 Å². The highest BCUT2D eigenvalue weighted by molar-refractivity contribution is 6.04. The maximum atomic E-state index is 12.4. The van der Waals surface area contributed by atoms with E-state index >= 15 is 0 Å². The second-order valence-corrected chi connectivity index (χ2v) is 5.76. The Morgan fingerprint density at radius 1 is 1.14 bits per heavy atom. The van der Waals surface area contributed by atoms with Gasteiger partial charge in [-0.3, -0.25) is 19.7 Å². The zero-order valence-electron chi connectivity index (χ0n) is 14.5. The van der Waals surface area contributed by atoms with Gasteiger partial charge in [-0.05, 0) is 19.1 Å². The van der Waals surface area contributed by atoms with Crippen molar-refractivity contribution in [2.75, 3.05) is 5.32 Å². The number of carbonyl (C=O) groups excluding carboxylic acids is 2. The van der Waals surface area contributed by atoms with Gasteiger partial charge in [-0.25, -0.2) is 9.89 Å². The van der Waals surface area contributed by atoms with Crippen molar-refractivity contribution in [2.45, 2.75) is 13.0 Å². The van der Waals surface area contributed by atoms with Crippen LogP contribution in [0.25, 0.3) is 10.8 Å². The number of hydrogen-bond donors (Lipinski definition) is 2. The fourth-order valence-corrected chi connectivity index (χ4v) is 2.51. The van der Waals surface area contributed by atoms with Crippen LogP contribution in [0.4, 0.5) is 11.4 Å². The molecule has 142 valence electrons. The number of ether oxygens (including phenoxy) is 1. The van der Waals surface area contributed by atoms with Crippen LogP contribution in [0, 0.1) is 10.1 Å². The largest absolute Gasteiger partial charge is 0.448 e. The number of carbonyl (C=O) groups is 2. The zero-order chi connectivity index (χ0) is 20.3. The molecule has 0 bridgehead atoms. The molecule has 0 aliphatic rings. The summed E-state index contributed by atoms with van der Waals surface area (Å²) in [7, 11) is 0. The first kappa shape index (κ1) is 18.7. The van der Waals surface area contributed by atoms with Gasteiger partial charge in [-0.15, -0.1) is 0 Å². The molecule has 2 N–H and O–H groups in total. The second kappa shape index (κ2) is 7.66. The van der Waals surface area contributed by atoms with E-state index in [9.17, 15) is 24.5 Å². The Bertz CT molecular complexity index is 1140. The van der Waals surface area contributed by atoms with E-state index in [-0.39, 0.29) is 27.8 Å². The average molecular weight is 382 g/mol. The van der Waals surface area contributed by atoms with Gasteiger partial charge in [0.15, 0.2) is 11.8 Å². The maximum absolute atomic E-state index is 12.4. The van der Waals surface area contributed by atoms with Gasteiger partial charge >= 0.3 is 5.97 Å². The van der Waals surface area contributed by atoms with Crippen molar-refractivity contribution >= 4 is 34.0 Å². The van der Waals surface area contributed by atoms with Crippen molar-refractivity contribution in [3.05, 3.63) is 74.7 Å². The summed E-state index contributed by atoms with van der Waals surface area (Å²) in [6.45, 7) is 1.32. The predicted octanol–water partition coefficient (Wildman–Crippen LogP) is 2.02. The molecular formula is C18H14N4O6. The summed E-state index contributed by atoms with van der Waals surface area (Å²) in [5, 5.41) is 19.8. The molecule has 0 aliphatic carbocycles. The Morgan fingerprint density at radius 3 is 2.50 bits per heavy atom. The van der Waals surface area contributed by atoms with Crippen LogP contribution in [-0.2, 0) is 9.53 Å². The van der Waals surface area contributed by atoms with Crippen molar-refractivity contribution in [1.29, 1.82) is 0 Å². The minimum Gasteiger partial charge on any atom is -0.448 e. The number of nitro benzene ring substituents is 1. The molecule has 0 fully saturated rings. The summed E-state index contributed by atoms with van der Waals surface area (Å²) < 4.78 is 5.11. The van der Waals surface area contributed by atoms with Crippen molar-refractivity contribution in [1.82, 2.24) is 10.2 Å². The zero-order valence-corrected chi connectivity index (χ0v) is 14.5. The molecule has 0 saturated heterocycles. The number of amides is 1. The second-order valence-electron chi connectivity index (χ2n) is 5.76. The van der Waals surface area contributed by atoms with Crippen molar-refractivity contribution in [2.24, 2.45) is 0 Å². The lowest BCUT2D eigenvalue weighted by Crippen LogP contribution is -2.31. The number of nitrogens with one attached hydrogen (secondary N) is 2. The molecule has 3 rings (SSSR count). The first-order valence-corrected chi connectivity index (χ1v) is 8.11. The van der Waals surface area contributed by atoms with Gasteiger partial charge < -0.3 is 10.1 Å². The van der Waals surface area contributed by atoms with Crippen LogP contribution in [0.1, 0.15) is 17.4 Å². The summed E-state index contributed by atoms with van der Waals surface area (Å²) in [4.78, 5) is 46.9. The van der Waals surface area contributed by atoms with E-state index in [0.717, 1.165) is 0 Å². The van der Waals surface area contributed by atoms with Crippen LogP contribution < -0.4 is 10.9 Å². The summed E-state index contributed by atoms with van der Waals surface area (Å²) in [5.41, 5.74) is -0.925. The van der Waals surface area contributed by atoms with E-state index in [0.29, 0.717) is 0 Å². The lowest BCUT2D eigenvalue weighted by molar-refractivity contribution is -0.383. The van der Waals surface area contributed by atoms with Gasteiger partial charge in [-0.1, -0.05) is 30.3 Å². The standard InChI is InChI=1S/C18H14N4O6/c1-10(16(23)19-13-8-4-5-9-14(13)22(26)27)28-18(25)15-11-6-2-3-7-12(11)17(24)21-20-15/h2-10H,1H3,(H,19,23)(H,21,24). The number of esters is 1. The number of nitro groups is 1. The number of nitrogens with zero attached hydrogens (tertiary/aromatic N) is 2. The normalized spacial score (nSPS) is 11.6. The van der Waals surface area contributed by atoms with E-state index in [1.807, 2.05) is 0 Å². The average Bonchev–Trinajstić information content (AvgIpc) is 2.68. The van der Waals surface area contributed by atoms with Crippen LogP contribution in [0.15, 0.2) is 53.3 Å². The van der Waals surface area contributed by atoms with Gasteiger partial charge in [0.25, 0.3) is 17.2 Å². The maximum Gasteiger partial charge on any atom is 0.360 e. The molecule has 1 amide bonds. The van der Waals surface area contributed by atoms with Crippen molar-refractivity contribution in [3.63, 3.8) is 0 Å². The van der Waals surface area contributed by atoms with E-state index < -0.39 is 28.5 Å². The molecule has 10 nitrogen and oxygen atoms in total.